The Hall–Kier alpha value is -2.47. The fourth-order valence-corrected chi connectivity index (χ4v) is 5.88. The quantitative estimate of drug-likeness (QED) is 0.224. The number of carbonyl (C=O) groups is 1. The van der Waals surface area contributed by atoms with Crippen molar-refractivity contribution >= 4 is 79.3 Å². The average Bonchev–Trinajstić information content (AvgIpc) is 3.24. The average molecular weight is 476 g/mol. The highest BCUT2D eigenvalue weighted by Crippen LogP contribution is 2.40. The number of rotatable bonds is 6. The van der Waals surface area contributed by atoms with E-state index in [0.717, 1.165) is 27.7 Å². The van der Waals surface area contributed by atoms with Crippen LogP contribution in [-0.4, -0.2) is 26.7 Å². The third-order valence-corrected chi connectivity index (χ3v) is 7.27. The third kappa shape index (κ3) is 4.48. The molecule has 0 atom stereocenters. The third-order valence-electron chi connectivity index (χ3n) is 3.97. The molecule has 0 aliphatic carbocycles. The van der Waals surface area contributed by atoms with Crippen LogP contribution < -0.4 is 10.1 Å². The molecule has 152 valence electrons. The van der Waals surface area contributed by atoms with Gasteiger partial charge in [-0.3, -0.25) is 14.9 Å². The monoisotopic (exact) mass is 475 g/mol. The predicted molar refractivity (Wildman–Crippen MR) is 124 cm³/mol. The molecule has 4 rings (SSSR count). The number of thiazole rings is 1. The van der Waals surface area contributed by atoms with E-state index in [1.54, 1.807) is 18.2 Å². The second-order valence-electron chi connectivity index (χ2n) is 5.98. The number of aromatic nitrogens is 1. The summed E-state index contributed by atoms with van der Waals surface area (Å²) in [7, 11) is 0. The number of amides is 1. The molecule has 30 heavy (non-hydrogen) atoms. The van der Waals surface area contributed by atoms with Crippen LogP contribution in [0.4, 0.5) is 5.69 Å². The van der Waals surface area contributed by atoms with Crippen molar-refractivity contribution < 1.29 is 14.5 Å². The first kappa shape index (κ1) is 20.8. The van der Waals surface area contributed by atoms with E-state index in [9.17, 15) is 14.9 Å². The lowest BCUT2D eigenvalue weighted by molar-refractivity contribution is -0.387. The maximum atomic E-state index is 11.8. The van der Waals surface area contributed by atoms with E-state index in [2.05, 4.69) is 10.3 Å². The minimum Gasteiger partial charge on any atom is -0.494 e. The molecular formula is C19H13N3O4S4. The summed E-state index contributed by atoms with van der Waals surface area (Å²) in [5, 5.41) is 14.2. The Labute approximate surface area is 189 Å². The van der Waals surface area contributed by atoms with Gasteiger partial charge in [-0.25, -0.2) is 4.98 Å². The molecule has 0 unspecified atom stereocenters. The molecular weight excluding hydrogens is 462 g/mol. The van der Waals surface area contributed by atoms with Gasteiger partial charge in [0.2, 0.25) is 0 Å². The van der Waals surface area contributed by atoms with Crippen LogP contribution in [0.15, 0.2) is 50.5 Å². The molecule has 3 aromatic rings. The largest absolute Gasteiger partial charge is 0.494 e. The van der Waals surface area contributed by atoms with E-state index in [1.165, 1.54) is 29.2 Å². The van der Waals surface area contributed by atoms with E-state index in [4.69, 9.17) is 17.0 Å². The van der Waals surface area contributed by atoms with Crippen LogP contribution in [-0.2, 0) is 4.79 Å². The summed E-state index contributed by atoms with van der Waals surface area (Å²) in [5.74, 6) is 0.467. The van der Waals surface area contributed by atoms with Gasteiger partial charge in [0.15, 0.2) is 4.34 Å². The molecule has 0 spiro atoms. The molecule has 11 heteroatoms. The highest BCUT2D eigenvalue weighted by atomic mass is 32.2. The maximum Gasteiger partial charge on any atom is 0.283 e. The van der Waals surface area contributed by atoms with Gasteiger partial charge in [-0.05, 0) is 42.8 Å². The van der Waals surface area contributed by atoms with Crippen LogP contribution in [0.25, 0.3) is 16.3 Å². The fourth-order valence-electron chi connectivity index (χ4n) is 2.70. The Kier molecular flexibility index (Phi) is 6.04. The van der Waals surface area contributed by atoms with Gasteiger partial charge < -0.3 is 10.1 Å². The highest BCUT2D eigenvalue weighted by molar-refractivity contribution is 8.26. The second kappa shape index (κ2) is 8.72. The number of hydrogen-bond donors (Lipinski definition) is 1. The Morgan fingerprint density at radius 2 is 2.17 bits per heavy atom. The molecule has 1 aliphatic heterocycles. The van der Waals surface area contributed by atoms with Crippen molar-refractivity contribution in [3.05, 3.63) is 57.0 Å². The smallest absolute Gasteiger partial charge is 0.283 e. The number of hydrogen-bond acceptors (Lipinski definition) is 9. The minimum atomic E-state index is -0.433. The number of nitrogens with one attached hydrogen (secondary N) is 1. The number of fused-ring (bicyclic) bond motifs is 1. The number of thioether (sulfide) groups is 1. The topological polar surface area (TPSA) is 94.4 Å². The minimum absolute atomic E-state index is 0.0467. The van der Waals surface area contributed by atoms with E-state index in [-0.39, 0.29) is 11.6 Å². The van der Waals surface area contributed by atoms with Crippen LogP contribution in [0.5, 0.6) is 5.75 Å². The zero-order valence-corrected chi connectivity index (χ0v) is 18.7. The molecule has 0 radical (unpaired) electrons. The summed E-state index contributed by atoms with van der Waals surface area (Å²) in [6, 6.07) is 10.5. The molecule has 1 aromatic heterocycles. The van der Waals surface area contributed by atoms with Crippen molar-refractivity contribution in [3.8, 4) is 5.75 Å². The molecule has 7 nitrogen and oxygen atoms in total. The maximum absolute atomic E-state index is 11.8. The number of ether oxygens (including phenoxy) is 1. The Morgan fingerprint density at radius 1 is 1.33 bits per heavy atom. The standard InChI is InChI=1S/C19H13N3O4S4/c1-2-26-11-4-5-12-15(9-11)30-19(20-12)29-14-6-3-10(7-13(14)22(24)25)8-16-17(23)21-18(27)28-16/h3-9H,2H2,1H3,(H,21,23,27)/b16-8-. The highest BCUT2D eigenvalue weighted by Gasteiger charge is 2.23. The zero-order valence-electron chi connectivity index (χ0n) is 15.4. The summed E-state index contributed by atoms with van der Waals surface area (Å²) in [5.41, 5.74) is 1.32. The van der Waals surface area contributed by atoms with E-state index in [0.29, 0.717) is 30.6 Å². The lowest BCUT2D eigenvalue weighted by Gasteiger charge is -2.02. The predicted octanol–water partition coefficient (Wildman–Crippen LogP) is 5.24. The molecule has 2 heterocycles. The molecule has 2 aromatic carbocycles. The van der Waals surface area contributed by atoms with Gasteiger partial charge in [0.05, 0.1) is 31.5 Å². The van der Waals surface area contributed by atoms with Gasteiger partial charge in [0.25, 0.3) is 11.6 Å². The summed E-state index contributed by atoms with van der Waals surface area (Å²) in [6.45, 7) is 2.50. The number of carbonyl (C=O) groups excluding carboxylic acids is 1. The molecule has 1 aliphatic rings. The van der Waals surface area contributed by atoms with Crippen LogP contribution in [0.3, 0.4) is 0 Å². The Bertz CT molecular complexity index is 1220. The van der Waals surface area contributed by atoms with Gasteiger partial charge in [0, 0.05) is 6.07 Å². The Balaban J connectivity index is 1.63. The molecule has 1 N–H and O–H groups in total. The molecule has 1 saturated heterocycles. The van der Waals surface area contributed by atoms with Crippen LogP contribution in [0.2, 0.25) is 0 Å². The molecule has 0 bridgehead atoms. The normalized spacial score (nSPS) is 15.0. The van der Waals surface area contributed by atoms with Gasteiger partial charge in [-0.2, -0.15) is 0 Å². The van der Waals surface area contributed by atoms with Crippen molar-refractivity contribution in [2.45, 2.75) is 16.2 Å². The first-order chi connectivity index (χ1) is 14.4. The van der Waals surface area contributed by atoms with Crippen molar-refractivity contribution in [2.24, 2.45) is 0 Å². The van der Waals surface area contributed by atoms with Crippen molar-refractivity contribution in [2.75, 3.05) is 6.61 Å². The number of nitrogens with zero attached hydrogens (tertiary/aromatic N) is 2. The number of nitro benzene ring substituents is 1. The lowest BCUT2D eigenvalue weighted by atomic mass is 10.2. The van der Waals surface area contributed by atoms with Gasteiger partial charge in [-0.1, -0.05) is 41.8 Å². The summed E-state index contributed by atoms with van der Waals surface area (Å²) < 4.78 is 7.53. The Morgan fingerprint density at radius 3 is 2.87 bits per heavy atom. The van der Waals surface area contributed by atoms with E-state index >= 15 is 0 Å². The fraction of sp³-hybridized carbons (Fsp3) is 0.105. The molecule has 1 fully saturated rings. The van der Waals surface area contributed by atoms with Gasteiger partial charge in [0.1, 0.15) is 10.1 Å². The zero-order chi connectivity index (χ0) is 21.3. The van der Waals surface area contributed by atoms with E-state index < -0.39 is 4.92 Å². The van der Waals surface area contributed by atoms with Crippen LogP contribution in [0, 0.1) is 10.1 Å². The van der Waals surface area contributed by atoms with E-state index in [1.807, 2.05) is 25.1 Å². The summed E-state index contributed by atoms with van der Waals surface area (Å²) in [6.07, 6.45) is 1.59. The molecule has 0 saturated carbocycles. The summed E-state index contributed by atoms with van der Waals surface area (Å²) >= 11 is 8.79. The first-order valence-corrected chi connectivity index (χ1v) is 11.5. The van der Waals surface area contributed by atoms with Crippen molar-refractivity contribution in [3.63, 3.8) is 0 Å². The number of benzene rings is 2. The molecule has 1 amide bonds. The van der Waals surface area contributed by atoms with Gasteiger partial charge >= 0.3 is 0 Å². The van der Waals surface area contributed by atoms with Crippen molar-refractivity contribution in [1.29, 1.82) is 0 Å². The summed E-state index contributed by atoms with van der Waals surface area (Å²) in [4.78, 5) is 28.5. The van der Waals surface area contributed by atoms with Crippen LogP contribution in [0.1, 0.15) is 12.5 Å². The van der Waals surface area contributed by atoms with Crippen LogP contribution >= 0.6 is 47.1 Å². The lowest BCUT2D eigenvalue weighted by Crippen LogP contribution is -2.17. The SMILES string of the molecule is CCOc1ccc2nc(Sc3ccc(/C=C4\SC(=S)NC4=O)cc3[N+](=O)[O-])sc2c1. The second-order valence-corrected chi connectivity index (χ2v) is 10.0. The van der Waals surface area contributed by atoms with Crippen molar-refractivity contribution in [1.82, 2.24) is 10.3 Å². The first-order valence-electron chi connectivity index (χ1n) is 8.67. The number of nitro groups is 1. The van der Waals surface area contributed by atoms with Gasteiger partial charge in [-0.15, -0.1) is 11.3 Å². The number of thiocarbonyl (C=S) groups is 1.